The van der Waals surface area contributed by atoms with E-state index < -0.39 is 0 Å². The zero-order chi connectivity index (χ0) is 10.7. The Morgan fingerprint density at radius 2 is 2.27 bits per heavy atom. The quantitative estimate of drug-likeness (QED) is 0.824. The Kier molecular flexibility index (Phi) is 2.55. The van der Waals surface area contributed by atoms with Gasteiger partial charge in [-0.05, 0) is 19.1 Å². The molecule has 0 amide bonds. The van der Waals surface area contributed by atoms with Crippen LogP contribution in [0.3, 0.4) is 0 Å². The smallest absolute Gasteiger partial charge is 0.204 e. The second kappa shape index (κ2) is 4.01. The molecule has 0 unspecified atom stereocenters. The van der Waals surface area contributed by atoms with Crippen LogP contribution in [-0.2, 0) is 6.54 Å². The summed E-state index contributed by atoms with van der Waals surface area (Å²) in [5.74, 6) is 0.764. The second-order valence-corrected chi connectivity index (χ2v) is 3.20. The fourth-order valence-electron chi connectivity index (χ4n) is 1.60. The Labute approximate surface area is 88.2 Å². The predicted molar refractivity (Wildman–Crippen MR) is 59.5 cm³/mol. The summed E-state index contributed by atoms with van der Waals surface area (Å²) in [6.45, 7) is 3.13. The maximum atomic E-state index is 8.76. The summed E-state index contributed by atoms with van der Waals surface area (Å²) in [6.07, 6.45) is 0. The molecule has 0 saturated carbocycles. The van der Waals surface area contributed by atoms with E-state index >= 15 is 0 Å². The van der Waals surface area contributed by atoms with Crippen molar-refractivity contribution in [3.63, 3.8) is 0 Å². The van der Waals surface area contributed by atoms with Gasteiger partial charge in [-0.25, -0.2) is 4.98 Å². The summed E-state index contributed by atoms with van der Waals surface area (Å²) in [5.41, 5.74) is 1.92. The fraction of sp³-hybridized carbons (Fsp3) is 0.273. The summed E-state index contributed by atoms with van der Waals surface area (Å²) in [5, 5.41) is 11.9. The van der Waals surface area contributed by atoms with Crippen LogP contribution in [0.1, 0.15) is 6.92 Å². The molecular weight excluding hydrogens is 188 g/mol. The predicted octanol–water partition coefficient (Wildman–Crippen LogP) is 1.99. The lowest BCUT2D eigenvalue weighted by molar-refractivity contribution is 0.859. The maximum absolute atomic E-state index is 8.76. The van der Waals surface area contributed by atoms with Crippen molar-refractivity contribution in [2.45, 2.75) is 13.5 Å². The minimum absolute atomic E-state index is 0.322. The third kappa shape index (κ3) is 1.64. The molecule has 15 heavy (non-hydrogen) atoms. The molecule has 4 heteroatoms. The Morgan fingerprint density at radius 3 is 3.00 bits per heavy atom. The molecule has 2 rings (SSSR count). The fourth-order valence-corrected chi connectivity index (χ4v) is 1.60. The average molecular weight is 200 g/mol. The number of imidazole rings is 1. The van der Waals surface area contributed by atoms with E-state index in [1.165, 1.54) is 0 Å². The highest BCUT2D eigenvalue weighted by molar-refractivity contribution is 5.78. The van der Waals surface area contributed by atoms with E-state index in [0.29, 0.717) is 6.54 Å². The highest BCUT2D eigenvalue weighted by Gasteiger charge is 2.08. The lowest BCUT2D eigenvalue weighted by Crippen LogP contribution is -2.06. The van der Waals surface area contributed by atoms with Gasteiger partial charge in [0.25, 0.3) is 0 Å². The van der Waals surface area contributed by atoms with E-state index in [9.17, 15) is 0 Å². The zero-order valence-corrected chi connectivity index (χ0v) is 8.57. The van der Waals surface area contributed by atoms with Crippen LogP contribution in [0.5, 0.6) is 0 Å². The van der Waals surface area contributed by atoms with E-state index in [0.717, 1.165) is 23.5 Å². The molecule has 1 heterocycles. The second-order valence-electron chi connectivity index (χ2n) is 3.20. The molecule has 0 fully saturated rings. The van der Waals surface area contributed by atoms with Crippen molar-refractivity contribution in [2.75, 3.05) is 11.9 Å². The van der Waals surface area contributed by atoms with Gasteiger partial charge in [0.2, 0.25) is 5.95 Å². The summed E-state index contributed by atoms with van der Waals surface area (Å²) >= 11 is 0. The van der Waals surface area contributed by atoms with Crippen molar-refractivity contribution < 1.29 is 0 Å². The van der Waals surface area contributed by atoms with Crippen molar-refractivity contribution in [3.05, 3.63) is 24.3 Å². The molecule has 4 nitrogen and oxygen atoms in total. The zero-order valence-electron chi connectivity index (χ0n) is 8.57. The van der Waals surface area contributed by atoms with E-state index in [-0.39, 0.29) is 0 Å². The Balaban J connectivity index is 2.59. The molecule has 0 aliphatic carbocycles. The van der Waals surface area contributed by atoms with Crippen LogP contribution < -0.4 is 5.32 Å². The van der Waals surface area contributed by atoms with Crippen LogP contribution in [-0.4, -0.2) is 16.1 Å². The monoisotopic (exact) mass is 200 g/mol. The number of nitrogens with one attached hydrogen (secondary N) is 1. The highest BCUT2D eigenvalue weighted by atomic mass is 15.2. The standard InChI is InChI=1S/C11H12N4/c1-2-13-11-14-9-5-3-4-6-10(9)15(11)8-7-12/h3-6H,2,8H2,1H3,(H,13,14). The molecule has 1 aromatic heterocycles. The average Bonchev–Trinajstić information content (AvgIpc) is 2.59. The largest absolute Gasteiger partial charge is 0.356 e. The normalized spacial score (nSPS) is 10.1. The molecule has 2 aromatic rings. The first-order valence-electron chi connectivity index (χ1n) is 4.93. The van der Waals surface area contributed by atoms with E-state index in [1.54, 1.807) is 0 Å². The van der Waals surface area contributed by atoms with Crippen LogP contribution in [0, 0.1) is 11.3 Å². The number of anilines is 1. The van der Waals surface area contributed by atoms with Gasteiger partial charge < -0.3 is 5.32 Å². The first-order valence-corrected chi connectivity index (χ1v) is 4.93. The number of aromatic nitrogens is 2. The molecule has 0 saturated heterocycles. The van der Waals surface area contributed by atoms with Gasteiger partial charge >= 0.3 is 0 Å². The molecule has 0 aliphatic rings. The van der Waals surface area contributed by atoms with Gasteiger partial charge in [-0.1, -0.05) is 12.1 Å². The van der Waals surface area contributed by atoms with Gasteiger partial charge in [-0.3, -0.25) is 4.57 Å². The van der Waals surface area contributed by atoms with Gasteiger partial charge in [0.05, 0.1) is 17.1 Å². The van der Waals surface area contributed by atoms with Crippen molar-refractivity contribution in [2.24, 2.45) is 0 Å². The Bertz CT molecular complexity index is 507. The minimum atomic E-state index is 0.322. The number of rotatable bonds is 3. The van der Waals surface area contributed by atoms with E-state index in [1.807, 2.05) is 35.8 Å². The molecule has 76 valence electrons. The molecule has 1 N–H and O–H groups in total. The number of nitrogens with zero attached hydrogens (tertiary/aromatic N) is 3. The van der Waals surface area contributed by atoms with Crippen LogP contribution in [0.15, 0.2) is 24.3 Å². The number of hydrogen-bond acceptors (Lipinski definition) is 3. The van der Waals surface area contributed by atoms with Gasteiger partial charge in [0.15, 0.2) is 0 Å². The number of benzene rings is 1. The summed E-state index contributed by atoms with van der Waals surface area (Å²) in [7, 11) is 0. The first kappa shape index (κ1) is 9.53. The minimum Gasteiger partial charge on any atom is -0.356 e. The summed E-state index contributed by atoms with van der Waals surface area (Å²) < 4.78 is 1.89. The van der Waals surface area contributed by atoms with E-state index in [4.69, 9.17) is 5.26 Å². The van der Waals surface area contributed by atoms with Gasteiger partial charge in [0.1, 0.15) is 6.54 Å². The van der Waals surface area contributed by atoms with Crippen molar-refractivity contribution in [3.8, 4) is 6.07 Å². The van der Waals surface area contributed by atoms with Gasteiger partial charge in [-0.2, -0.15) is 5.26 Å². The third-order valence-electron chi connectivity index (χ3n) is 2.22. The van der Waals surface area contributed by atoms with Crippen LogP contribution in [0.4, 0.5) is 5.95 Å². The van der Waals surface area contributed by atoms with Crippen LogP contribution in [0.25, 0.3) is 11.0 Å². The molecular formula is C11H12N4. The topological polar surface area (TPSA) is 53.6 Å². The molecule has 0 radical (unpaired) electrons. The molecule has 0 bridgehead atoms. The van der Waals surface area contributed by atoms with Crippen LogP contribution >= 0.6 is 0 Å². The number of hydrogen-bond donors (Lipinski definition) is 1. The van der Waals surface area contributed by atoms with Crippen molar-refractivity contribution in [1.29, 1.82) is 5.26 Å². The lowest BCUT2D eigenvalue weighted by Gasteiger charge is -2.04. The molecule has 0 aliphatic heterocycles. The molecule has 1 aromatic carbocycles. The maximum Gasteiger partial charge on any atom is 0.204 e. The number of para-hydroxylation sites is 2. The first-order chi connectivity index (χ1) is 7.36. The lowest BCUT2D eigenvalue weighted by atomic mass is 10.3. The van der Waals surface area contributed by atoms with E-state index in [2.05, 4.69) is 16.4 Å². The summed E-state index contributed by atoms with van der Waals surface area (Å²) in [4.78, 5) is 4.42. The molecule has 0 spiro atoms. The Morgan fingerprint density at radius 1 is 1.47 bits per heavy atom. The SMILES string of the molecule is CCNc1nc2ccccc2n1CC#N. The van der Waals surface area contributed by atoms with Gasteiger partial charge in [-0.15, -0.1) is 0 Å². The molecule has 0 atom stereocenters. The third-order valence-corrected chi connectivity index (χ3v) is 2.22. The number of nitriles is 1. The van der Waals surface area contributed by atoms with Crippen molar-refractivity contribution in [1.82, 2.24) is 9.55 Å². The highest BCUT2D eigenvalue weighted by Crippen LogP contribution is 2.18. The number of fused-ring (bicyclic) bond motifs is 1. The summed E-state index contributed by atoms with van der Waals surface area (Å²) in [6, 6.07) is 9.96. The van der Waals surface area contributed by atoms with Crippen LogP contribution in [0.2, 0.25) is 0 Å². The Hall–Kier alpha value is -2.02. The van der Waals surface area contributed by atoms with Gasteiger partial charge in [0, 0.05) is 6.54 Å². The van der Waals surface area contributed by atoms with Crippen molar-refractivity contribution >= 4 is 17.0 Å².